The van der Waals surface area contributed by atoms with Crippen molar-refractivity contribution in [1.82, 2.24) is 19.7 Å². The van der Waals surface area contributed by atoms with Gasteiger partial charge in [-0.15, -0.1) is 0 Å². The highest BCUT2D eigenvalue weighted by Crippen LogP contribution is 2.31. The first kappa shape index (κ1) is 15.4. The Balaban J connectivity index is 1.81. The zero-order valence-electron chi connectivity index (χ0n) is 13.9. The van der Waals surface area contributed by atoms with E-state index in [4.69, 9.17) is 4.74 Å². The van der Waals surface area contributed by atoms with Crippen LogP contribution >= 0.6 is 0 Å². The van der Waals surface area contributed by atoms with E-state index in [2.05, 4.69) is 15.1 Å². The lowest BCUT2D eigenvalue weighted by atomic mass is 10.0. The van der Waals surface area contributed by atoms with E-state index in [0.717, 1.165) is 29.8 Å². The summed E-state index contributed by atoms with van der Waals surface area (Å²) in [5.41, 5.74) is 2.38. The van der Waals surface area contributed by atoms with Gasteiger partial charge in [-0.2, -0.15) is 5.10 Å². The molecule has 1 aliphatic rings. The standard InChI is InChI=1S/C17H17N5O3/c1-21-15-13(18-9-19-16(15)23)14(20-21)17(24)22-7-3-4-10-8-11(25-2)5-6-12(10)22/h5-6,8-9H,3-4,7H2,1-2H3,(H,18,19,23). The molecule has 2 aromatic heterocycles. The molecular weight excluding hydrogens is 322 g/mol. The number of aromatic nitrogens is 4. The number of ether oxygens (including phenoxy) is 1. The molecule has 1 amide bonds. The van der Waals surface area contributed by atoms with Crippen LogP contribution in [0.15, 0.2) is 29.3 Å². The maximum Gasteiger partial charge on any atom is 0.281 e. The highest BCUT2D eigenvalue weighted by molar-refractivity contribution is 6.11. The van der Waals surface area contributed by atoms with E-state index in [1.807, 2.05) is 18.2 Å². The first-order valence-electron chi connectivity index (χ1n) is 7.99. The number of hydrogen-bond donors (Lipinski definition) is 1. The molecule has 0 fully saturated rings. The number of benzene rings is 1. The summed E-state index contributed by atoms with van der Waals surface area (Å²) in [6.45, 7) is 0.597. The second kappa shape index (κ2) is 5.73. The van der Waals surface area contributed by atoms with Crippen molar-refractivity contribution in [2.24, 2.45) is 7.05 Å². The molecule has 0 radical (unpaired) electrons. The highest BCUT2D eigenvalue weighted by Gasteiger charge is 2.28. The SMILES string of the molecule is COc1ccc2c(c1)CCCN2C(=O)c1nn(C)c2c(=O)[nH]cnc12. The van der Waals surface area contributed by atoms with Gasteiger partial charge in [0.15, 0.2) is 11.2 Å². The Bertz CT molecular complexity index is 1040. The number of methoxy groups -OCH3 is 1. The van der Waals surface area contributed by atoms with Gasteiger partial charge in [-0.05, 0) is 36.6 Å². The van der Waals surface area contributed by atoms with Gasteiger partial charge in [0.2, 0.25) is 0 Å². The van der Waals surface area contributed by atoms with E-state index in [1.54, 1.807) is 19.1 Å². The Morgan fingerprint density at radius 3 is 3.00 bits per heavy atom. The fourth-order valence-corrected chi connectivity index (χ4v) is 3.30. The van der Waals surface area contributed by atoms with Crippen molar-refractivity contribution in [3.63, 3.8) is 0 Å². The lowest BCUT2D eigenvalue weighted by molar-refractivity contribution is 0.0981. The number of hydrogen-bond acceptors (Lipinski definition) is 5. The molecule has 0 aliphatic carbocycles. The number of carbonyl (C=O) groups is 1. The lowest BCUT2D eigenvalue weighted by Crippen LogP contribution is -2.36. The summed E-state index contributed by atoms with van der Waals surface area (Å²) in [4.78, 5) is 33.5. The van der Waals surface area contributed by atoms with Crippen molar-refractivity contribution in [2.45, 2.75) is 12.8 Å². The largest absolute Gasteiger partial charge is 0.497 e. The Hall–Kier alpha value is -3.16. The number of amides is 1. The number of aryl methyl sites for hydroxylation is 2. The van der Waals surface area contributed by atoms with Gasteiger partial charge in [0.25, 0.3) is 11.5 Å². The first-order chi connectivity index (χ1) is 12.1. The van der Waals surface area contributed by atoms with Gasteiger partial charge in [0.05, 0.1) is 13.4 Å². The summed E-state index contributed by atoms with van der Waals surface area (Å²) < 4.78 is 6.66. The molecule has 4 rings (SSSR count). The normalized spacial score (nSPS) is 13.8. The van der Waals surface area contributed by atoms with Crippen LogP contribution in [0.5, 0.6) is 5.75 Å². The number of aromatic amines is 1. The Kier molecular flexibility index (Phi) is 3.52. The molecule has 128 valence electrons. The zero-order chi connectivity index (χ0) is 17.6. The quantitative estimate of drug-likeness (QED) is 0.759. The molecule has 3 heterocycles. The van der Waals surface area contributed by atoms with Gasteiger partial charge in [-0.3, -0.25) is 14.3 Å². The molecule has 1 aliphatic heterocycles. The van der Waals surface area contributed by atoms with Gasteiger partial charge in [0.1, 0.15) is 11.3 Å². The van der Waals surface area contributed by atoms with Crippen LogP contribution in [-0.4, -0.2) is 39.3 Å². The minimum absolute atomic E-state index is 0.187. The van der Waals surface area contributed by atoms with Crippen molar-refractivity contribution in [3.05, 3.63) is 46.1 Å². The fourth-order valence-electron chi connectivity index (χ4n) is 3.30. The van der Waals surface area contributed by atoms with E-state index >= 15 is 0 Å². The summed E-state index contributed by atoms with van der Waals surface area (Å²) in [6.07, 6.45) is 3.03. The smallest absolute Gasteiger partial charge is 0.281 e. The van der Waals surface area contributed by atoms with Crippen molar-refractivity contribution in [2.75, 3.05) is 18.6 Å². The van der Waals surface area contributed by atoms with Gasteiger partial charge in [0, 0.05) is 19.3 Å². The van der Waals surface area contributed by atoms with Gasteiger partial charge in [-0.25, -0.2) is 4.98 Å². The topological polar surface area (TPSA) is 93.1 Å². The molecule has 0 saturated carbocycles. The van der Waals surface area contributed by atoms with E-state index in [0.29, 0.717) is 12.1 Å². The molecule has 0 spiro atoms. The van der Waals surface area contributed by atoms with Gasteiger partial charge >= 0.3 is 0 Å². The molecule has 3 aromatic rings. The summed E-state index contributed by atoms with van der Waals surface area (Å²) in [5.74, 6) is 0.513. The second-order valence-corrected chi connectivity index (χ2v) is 5.96. The minimum Gasteiger partial charge on any atom is -0.497 e. The first-order valence-corrected chi connectivity index (χ1v) is 7.99. The van der Waals surface area contributed by atoms with Crippen molar-refractivity contribution >= 4 is 22.6 Å². The summed E-state index contributed by atoms with van der Waals surface area (Å²) >= 11 is 0. The van der Waals surface area contributed by atoms with Crippen LogP contribution in [0.1, 0.15) is 22.5 Å². The number of nitrogens with one attached hydrogen (secondary N) is 1. The third-order valence-electron chi connectivity index (χ3n) is 4.48. The van der Waals surface area contributed by atoms with Crippen LogP contribution in [0.25, 0.3) is 11.0 Å². The van der Waals surface area contributed by atoms with Crippen LogP contribution in [0.3, 0.4) is 0 Å². The Labute approximate surface area is 143 Å². The molecule has 25 heavy (non-hydrogen) atoms. The van der Waals surface area contributed by atoms with Crippen LogP contribution < -0.4 is 15.2 Å². The molecular formula is C17H17N5O3. The molecule has 8 nitrogen and oxygen atoms in total. The molecule has 1 N–H and O–H groups in total. The predicted molar refractivity (Wildman–Crippen MR) is 92.1 cm³/mol. The maximum absolute atomic E-state index is 13.1. The highest BCUT2D eigenvalue weighted by atomic mass is 16.5. The second-order valence-electron chi connectivity index (χ2n) is 5.96. The average molecular weight is 339 g/mol. The average Bonchev–Trinajstić information content (AvgIpc) is 2.98. The number of nitrogens with zero attached hydrogens (tertiary/aromatic N) is 4. The molecule has 8 heteroatoms. The lowest BCUT2D eigenvalue weighted by Gasteiger charge is -2.29. The molecule has 0 saturated heterocycles. The fraction of sp³-hybridized carbons (Fsp3) is 0.294. The Morgan fingerprint density at radius 1 is 1.36 bits per heavy atom. The van der Waals surface area contributed by atoms with E-state index in [1.165, 1.54) is 11.0 Å². The number of rotatable bonds is 2. The molecule has 0 bridgehead atoms. The van der Waals surface area contributed by atoms with Crippen LogP contribution in [0, 0.1) is 0 Å². The summed E-state index contributed by atoms with van der Waals surface area (Å²) in [7, 11) is 3.25. The predicted octanol–water partition coefficient (Wildman–Crippen LogP) is 1.26. The van der Waals surface area contributed by atoms with Crippen molar-refractivity contribution in [1.29, 1.82) is 0 Å². The van der Waals surface area contributed by atoms with Crippen LogP contribution in [0.4, 0.5) is 5.69 Å². The van der Waals surface area contributed by atoms with E-state index < -0.39 is 0 Å². The minimum atomic E-state index is -0.317. The van der Waals surface area contributed by atoms with Crippen LogP contribution in [-0.2, 0) is 13.5 Å². The van der Waals surface area contributed by atoms with E-state index in [-0.39, 0.29) is 22.7 Å². The van der Waals surface area contributed by atoms with Crippen molar-refractivity contribution in [3.8, 4) is 5.75 Å². The number of carbonyl (C=O) groups excluding carboxylic acids is 1. The Morgan fingerprint density at radius 2 is 2.20 bits per heavy atom. The molecule has 1 aromatic carbocycles. The molecule has 0 atom stereocenters. The zero-order valence-corrected chi connectivity index (χ0v) is 13.9. The summed E-state index contributed by atoms with van der Waals surface area (Å²) in [5, 5.41) is 4.25. The maximum atomic E-state index is 13.1. The third-order valence-corrected chi connectivity index (χ3v) is 4.48. The third kappa shape index (κ3) is 2.37. The van der Waals surface area contributed by atoms with E-state index in [9.17, 15) is 9.59 Å². The molecule has 0 unspecified atom stereocenters. The van der Waals surface area contributed by atoms with Gasteiger partial charge in [-0.1, -0.05) is 0 Å². The number of anilines is 1. The van der Waals surface area contributed by atoms with Gasteiger partial charge < -0.3 is 14.6 Å². The number of H-pyrrole nitrogens is 1. The monoisotopic (exact) mass is 339 g/mol. The van der Waals surface area contributed by atoms with Crippen LogP contribution in [0.2, 0.25) is 0 Å². The number of fused-ring (bicyclic) bond motifs is 2. The summed E-state index contributed by atoms with van der Waals surface area (Å²) in [6, 6.07) is 5.68. The van der Waals surface area contributed by atoms with Crippen molar-refractivity contribution < 1.29 is 9.53 Å².